The lowest BCUT2D eigenvalue weighted by atomic mass is 10.2. The van der Waals surface area contributed by atoms with Crippen LogP contribution in [-0.4, -0.2) is 20.6 Å². The van der Waals surface area contributed by atoms with E-state index in [1.54, 1.807) is 0 Å². The van der Waals surface area contributed by atoms with Gasteiger partial charge in [-0.15, -0.1) is 0 Å². The summed E-state index contributed by atoms with van der Waals surface area (Å²) in [5.74, 6) is -0.0512. The SMILES string of the molecule is Nc1ccc2c(c1)nc(CCC(=O)O)n2Cc1ccccc1. The molecule has 0 fully saturated rings. The summed E-state index contributed by atoms with van der Waals surface area (Å²) < 4.78 is 2.06. The minimum Gasteiger partial charge on any atom is -0.481 e. The van der Waals surface area contributed by atoms with Crippen molar-refractivity contribution in [3.05, 3.63) is 59.9 Å². The van der Waals surface area contributed by atoms with Crippen molar-refractivity contribution in [2.75, 3.05) is 5.73 Å². The number of carboxylic acid groups (broad SMARTS) is 1. The molecular weight excluding hydrogens is 278 g/mol. The van der Waals surface area contributed by atoms with Crippen molar-refractivity contribution in [2.45, 2.75) is 19.4 Å². The van der Waals surface area contributed by atoms with E-state index in [1.807, 2.05) is 48.5 Å². The van der Waals surface area contributed by atoms with Crippen molar-refractivity contribution in [1.82, 2.24) is 9.55 Å². The van der Waals surface area contributed by atoms with Crippen LogP contribution in [-0.2, 0) is 17.8 Å². The molecule has 3 N–H and O–H groups in total. The van der Waals surface area contributed by atoms with E-state index in [1.165, 1.54) is 0 Å². The molecular formula is C17H17N3O2. The first kappa shape index (κ1) is 14.1. The molecule has 3 rings (SSSR count). The Balaban J connectivity index is 2.03. The Bertz CT molecular complexity index is 809. The molecule has 22 heavy (non-hydrogen) atoms. The summed E-state index contributed by atoms with van der Waals surface area (Å²) in [6.45, 7) is 0.663. The molecule has 0 unspecified atom stereocenters. The maximum absolute atomic E-state index is 10.9. The summed E-state index contributed by atoms with van der Waals surface area (Å²) in [5, 5.41) is 8.92. The van der Waals surface area contributed by atoms with Gasteiger partial charge in [0.1, 0.15) is 5.82 Å². The maximum atomic E-state index is 10.9. The molecule has 0 aliphatic carbocycles. The lowest BCUT2D eigenvalue weighted by Crippen LogP contribution is -2.07. The zero-order chi connectivity index (χ0) is 15.5. The van der Waals surface area contributed by atoms with Gasteiger partial charge in [0.15, 0.2) is 0 Å². The van der Waals surface area contributed by atoms with Gasteiger partial charge in [0.05, 0.1) is 17.5 Å². The smallest absolute Gasteiger partial charge is 0.303 e. The predicted molar refractivity (Wildman–Crippen MR) is 85.6 cm³/mol. The van der Waals surface area contributed by atoms with Crippen LogP contribution < -0.4 is 5.73 Å². The van der Waals surface area contributed by atoms with Crippen molar-refractivity contribution in [2.24, 2.45) is 0 Å². The number of aryl methyl sites for hydroxylation is 1. The van der Waals surface area contributed by atoms with Crippen LogP contribution in [0.1, 0.15) is 17.8 Å². The van der Waals surface area contributed by atoms with Crippen LogP contribution in [0.2, 0.25) is 0 Å². The molecule has 0 aliphatic rings. The average molecular weight is 295 g/mol. The lowest BCUT2D eigenvalue weighted by Gasteiger charge is -2.09. The number of fused-ring (bicyclic) bond motifs is 1. The Labute approximate surface area is 128 Å². The Kier molecular flexibility index (Phi) is 3.78. The monoisotopic (exact) mass is 295 g/mol. The number of hydrogen-bond acceptors (Lipinski definition) is 3. The fourth-order valence-electron chi connectivity index (χ4n) is 2.55. The number of anilines is 1. The van der Waals surface area contributed by atoms with Gasteiger partial charge >= 0.3 is 5.97 Å². The largest absolute Gasteiger partial charge is 0.481 e. The van der Waals surface area contributed by atoms with E-state index >= 15 is 0 Å². The van der Waals surface area contributed by atoms with Crippen LogP contribution in [0.3, 0.4) is 0 Å². The molecule has 1 aromatic heterocycles. The third-order valence-corrected chi connectivity index (χ3v) is 3.60. The van der Waals surface area contributed by atoms with Gasteiger partial charge in [0.25, 0.3) is 0 Å². The molecule has 0 radical (unpaired) electrons. The number of hydrogen-bond donors (Lipinski definition) is 2. The molecule has 2 aromatic carbocycles. The first-order valence-corrected chi connectivity index (χ1v) is 7.14. The van der Waals surface area contributed by atoms with Gasteiger partial charge in [-0.3, -0.25) is 4.79 Å². The molecule has 0 atom stereocenters. The minimum atomic E-state index is -0.821. The van der Waals surface area contributed by atoms with E-state index in [9.17, 15) is 4.79 Å². The Morgan fingerprint density at radius 2 is 1.95 bits per heavy atom. The average Bonchev–Trinajstić information content (AvgIpc) is 2.83. The van der Waals surface area contributed by atoms with Gasteiger partial charge in [-0.25, -0.2) is 4.98 Å². The van der Waals surface area contributed by atoms with Crippen molar-refractivity contribution in [3.63, 3.8) is 0 Å². The minimum absolute atomic E-state index is 0.0631. The molecule has 3 aromatic rings. The number of aliphatic carboxylic acids is 1. The molecule has 5 nitrogen and oxygen atoms in total. The summed E-state index contributed by atoms with van der Waals surface area (Å²) >= 11 is 0. The molecule has 5 heteroatoms. The number of carboxylic acids is 1. The molecule has 1 heterocycles. The molecule has 0 saturated carbocycles. The van der Waals surface area contributed by atoms with E-state index in [2.05, 4.69) is 9.55 Å². The predicted octanol–water partition coefficient (Wildman–Crippen LogP) is 2.68. The van der Waals surface area contributed by atoms with Gasteiger partial charge < -0.3 is 15.4 Å². The summed E-state index contributed by atoms with van der Waals surface area (Å²) in [4.78, 5) is 15.4. The molecule has 112 valence electrons. The first-order chi connectivity index (χ1) is 10.6. The van der Waals surface area contributed by atoms with E-state index in [0.29, 0.717) is 18.7 Å². The van der Waals surface area contributed by atoms with Crippen molar-refractivity contribution >= 4 is 22.7 Å². The Hall–Kier alpha value is -2.82. The van der Waals surface area contributed by atoms with Crippen LogP contribution in [0, 0.1) is 0 Å². The quantitative estimate of drug-likeness (QED) is 0.709. The summed E-state index contributed by atoms with van der Waals surface area (Å²) in [5.41, 5.74) is 9.39. The first-order valence-electron chi connectivity index (χ1n) is 7.14. The van der Waals surface area contributed by atoms with E-state index < -0.39 is 5.97 Å². The topological polar surface area (TPSA) is 81.1 Å². The van der Waals surface area contributed by atoms with E-state index in [0.717, 1.165) is 22.4 Å². The Morgan fingerprint density at radius 1 is 1.18 bits per heavy atom. The highest BCUT2D eigenvalue weighted by molar-refractivity contribution is 5.80. The van der Waals surface area contributed by atoms with Gasteiger partial charge in [0, 0.05) is 18.7 Å². The zero-order valence-corrected chi connectivity index (χ0v) is 12.1. The number of nitrogens with zero attached hydrogens (tertiary/aromatic N) is 2. The number of nitrogen functional groups attached to an aromatic ring is 1. The van der Waals surface area contributed by atoms with Gasteiger partial charge in [-0.05, 0) is 23.8 Å². The highest BCUT2D eigenvalue weighted by Gasteiger charge is 2.12. The zero-order valence-electron chi connectivity index (χ0n) is 12.1. The number of aromatic nitrogens is 2. The van der Waals surface area contributed by atoms with Crippen molar-refractivity contribution < 1.29 is 9.90 Å². The summed E-state index contributed by atoms with van der Waals surface area (Å²) in [6.07, 6.45) is 0.463. The lowest BCUT2D eigenvalue weighted by molar-refractivity contribution is -0.137. The molecule has 0 aliphatic heterocycles. The van der Waals surface area contributed by atoms with Crippen molar-refractivity contribution in [3.8, 4) is 0 Å². The van der Waals surface area contributed by atoms with Crippen LogP contribution >= 0.6 is 0 Å². The van der Waals surface area contributed by atoms with Crippen LogP contribution in [0.25, 0.3) is 11.0 Å². The standard InChI is InChI=1S/C17H17N3O2/c18-13-6-7-15-14(10-13)19-16(8-9-17(21)22)20(15)11-12-4-2-1-3-5-12/h1-7,10H,8-9,11,18H2,(H,21,22). The third-order valence-electron chi connectivity index (χ3n) is 3.60. The summed E-state index contributed by atoms with van der Waals surface area (Å²) in [7, 11) is 0. The number of benzene rings is 2. The Morgan fingerprint density at radius 3 is 2.68 bits per heavy atom. The van der Waals surface area contributed by atoms with Gasteiger partial charge in [0.2, 0.25) is 0 Å². The van der Waals surface area contributed by atoms with Gasteiger partial charge in [-0.1, -0.05) is 30.3 Å². The molecule has 0 spiro atoms. The second kappa shape index (κ2) is 5.89. The number of imidazole rings is 1. The number of nitrogens with two attached hydrogens (primary N) is 1. The maximum Gasteiger partial charge on any atom is 0.303 e. The second-order valence-electron chi connectivity index (χ2n) is 5.24. The highest BCUT2D eigenvalue weighted by Crippen LogP contribution is 2.21. The normalized spacial score (nSPS) is 10.9. The van der Waals surface area contributed by atoms with Crippen LogP contribution in [0.15, 0.2) is 48.5 Å². The van der Waals surface area contributed by atoms with Crippen LogP contribution in [0.5, 0.6) is 0 Å². The molecule has 0 amide bonds. The fourth-order valence-corrected chi connectivity index (χ4v) is 2.55. The summed E-state index contributed by atoms with van der Waals surface area (Å²) in [6, 6.07) is 15.6. The highest BCUT2D eigenvalue weighted by atomic mass is 16.4. The molecule has 0 saturated heterocycles. The number of carbonyl (C=O) groups is 1. The number of rotatable bonds is 5. The second-order valence-corrected chi connectivity index (χ2v) is 5.24. The molecule has 0 bridgehead atoms. The van der Waals surface area contributed by atoms with Crippen molar-refractivity contribution in [1.29, 1.82) is 0 Å². The van der Waals surface area contributed by atoms with Crippen LogP contribution in [0.4, 0.5) is 5.69 Å². The third kappa shape index (κ3) is 2.93. The van der Waals surface area contributed by atoms with Gasteiger partial charge in [-0.2, -0.15) is 0 Å². The van der Waals surface area contributed by atoms with E-state index in [-0.39, 0.29) is 6.42 Å². The fraction of sp³-hybridized carbons (Fsp3) is 0.176. The van der Waals surface area contributed by atoms with E-state index in [4.69, 9.17) is 10.8 Å².